The van der Waals surface area contributed by atoms with Gasteiger partial charge in [0.05, 0.1) is 25.5 Å². The number of carboxylic acid groups (broad SMARTS) is 1. The van der Waals surface area contributed by atoms with E-state index in [4.69, 9.17) is 5.11 Å². The zero-order chi connectivity index (χ0) is 26.8. The number of aliphatic carboxylic acids is 1. The van der Waals surface area contributed by atoms with Crippen LogP contribution < -0.4 is 16.2 Å². The molecule has 3 aromatic rings. The summed E-state index contributed by atoms with van der Waals surface area (Å²) in [4.78, 5) is 56.0. The summed E-state index contributed by atoms with van der Waals surface area (Å²) in [5.41, 5.74) is 2.28. The first-order valence-electron chi connectivity index (χ1n) is 11.6. The largest absolute Gasteiger partial charge is 0.506 e. The maximum Gasteiger partial charge on any atom is 0.322 e. The van der Waals surface area contributed by atoms with Gasteiger partial charge in [-0.05, 0) is 28.8 Å². The molecule has 0 unspecified atom stereocenters. The van der Waals surface area contributed by atoms with Crippen LogP contribution in [0, 0.1) is 0 Å². The van der Waals surface area contributed by atoms with Crippen LogP contribution in [0.3, 0.4) is 0 Å². The van der Waals surface area contributed by atoms with E-state index in [1.54, 1.807) is 17.8 Å². The molecule has 0 bridgehead atoms. The third-order valence-corrected chi connectivity index (χ3v) is 7.01. The van der Waals surface area contributed by atoms with E-state index in [2.05, 4.69) is 15.6 Å². The molecule has 2 aliphatic heterocycles. The molecule has 0 spiro atoms. The molecule has 0 atom stereocenters. The number of amides is 2. The number of rotatable bonds is 7. The van der Waals surface area contributed by atoms with E-state index in [1.807, 2.05) is 36.4 Å². The Labute approximate surface area is 220 Å². The van der Waals surface area contributed by atoms with E-state index in [-0.39, 0.29) is 31.1 Å². The Kier molecular flexibility index (Phi) is 6.88. The first kappa shape index (κ1) is 25.1. The topological polar surface area (TPSA) is 154 Å². The molecule has 38 heavy (non-hydrogen) atoms. The van der Waals surface area contributed by atoms with Crippen molar-refractivity contribution in [2.24, 2.45) is 0 Å². The Morgan fingerprint density at radius 3 is 2.66 bits per heavy atom. The van der Waals surface area contributed by atoms with Crippen LogP contribution in [-0.4, -0.2) is 54.9 Å². The van der Waals surface area contributed by atoms with Gasteiger partial charge in [-0.15, -0.1) is 11.8 Å². The maximum absolute atomic E-state index is 13.6. The minimum atomic E-state index is -1.29. The Bertz CT molecular complexity index is 1540. The number of aromatic nitrogens is 2. The van der Waals surface area contributed by atoms with E-state index in [9.17, 15) is 24.3 Å². The molecule has 4 N–H and O–H groups in total. The molecular weight excluding hydrogens is 510 g/mol. The van der Waals surface area contributed by atoms with E-state index >= 15 is 0 Å². The zero-order valence-corrected chi connectivity index (χ0v) is 20.8. The fourth-order valence-corrected chi connectivity index (χ4v) is 5.16. The average molecular weight is 534 g/mol. The van der Waals surface area contributed by atoms with Crippen molar-refractivity contribution in [2.45, 2.75) is 19.6 Å². The molecule has 2 amide bonds. The predicted molar refractivity (Wildman–Crippen MR) is 139 cm³/mol. The lowest BCUT2D eigenvalue weighted by Gasteiger charge is -2.17. The number of hydrogen-bond donors (Lipinski definition) is 4. The van der Waals surface area contributed by atoms with Gasteiger partial charge in [-0.2, -0.15) is 0 Å². The second kappa shape index (κ2) is 10.4. The number of carboxylic acids is 1. The normalized spacial score (nSPS) is 14.0. The molecule has 0 radical (unpaired) electrons. The molecule has 0 saturated heterocycles. The number of carbonyl (C=O) groups is 3. The number of hydrogen-bond acceptors (Lipinski definition) is 8. The van der Waals surface area contributed by atoms with Crippen LogP contribution in [0.25, 0.3) is 11.1 Å². The van der Waals surface area contributed by atoms with Crippen molar-refractivity contribution in [3.05, 3.63) is 92.6 Å². The third-order valence-electron chi connectivity index (χ3n) is 6.30. The first-order valence-corrected chi connectivity index (χ1v) is 12.7. The summed E-state index contributed by atoms with van der Waals surface area (Å²) < 4.78 is 1.37. The summed E-state index contributed by atoms with van der Waals surface area (Å²) in [6.07, 6.45) is 3.40. The number of nitrogens with zero attached hydrogens (tertiary/aromatic N) is 3. The second-order valence-electron chi connectivity index (χ2n) is 8.74. The monoisotopic (exact) mass is 533 g/mol. The number of pyridine rings is 2. The second-order valence-corrected chi connectivity index (χ2v) is 9.60. The molecule has 194 valence electrons. The summed E-state index contributed by atoms with van der Waals surface area (Å²) >= 11 is 1.45. The molecule has 0 saturated carbocycles. The van der Waals surface area contributed by atoms with Crippen LogP contribution in [0.4, 0.5) is 0 Å². The minimum absolute atomic E-state index is 0.0150. The third kappa shape index (κ3) is 4.85. The predicted octanol–water partition coefficient (Wildman–Crippen LogP) is 1.46. The molecule has 0 aliphatic carbocycles. The number of aromatic hydroxyl groups is 1. The van der Waals surface area contributed by atoms with Crippen molar-refractivity contribution >= 4 is 29.5 Å². The average Bonchev–Trinajstić information content (AvgIpc) is 3.61. The molecule has 4 heterocycles. The summed E-state index contributed by atoms with van der Waals surface area (Å²) in [5.74, 6) is -2.57. The summed E-state index contributed by atoms with van der Waals surface area (Å²) in [5, 5.41) is 26.8. The highest BCUT2D eigenvalue weighted by atomic mass is 32.2. The van der Waals surface area contributed by atoms with E-state index in [0.29, 0.717) is 17.3 Å². The highest BCUT2D eigenvalue weighted by Crippen LogP contribution is 2.33. The number of carbonyl (C=O) groups excluding carboxylic acids is 2. The van der Waals surface area contributed by atoms with Crippen molar-refractivity contribution in [3.8, 4) is 16.9 Å². The van der Waals surface area contributed by atoms with Crippen molar-refractivity contribution < 1.29 is 24.6 Å². The smallest absolute Gasteiger partial charge is 0.322 e. The summed E-state index contributed by atoms with van der Waals surface area (Å²) in [7, 11) is 0. The van der Waals surface area contributed by atoms with Crippen LogP contribution in [-0.2, 0) is 29.2 Å². The standard InChI is InChI=1S/C26H23N5O6S/c32-21(33)9-28-24(35)22-23(34)18-11-30(25(36)19-13-38-14-29-19)12-20(18)31(26(22)37)10-15-3-1-4-16(7-15)17-5-2-6-27-8-17/h1-8,13,29,34H,9-12,14H2,(H,28,35)(H,32,33). The quantitative estimate of drug-likeness (QED) is 0.353. The van der Waals surface area contributed by atoms with Gasteiger partial charge in [-0.3, -0.25) is 24.2 Å². The summed E-state index contributed by atoms with van der Waals surface area (Å²) in [6, 6.07) is 11.2. The van der Waals surface area contributed by atoms with Gasteiger partial charge in [0.15, 0.2) is 0 Å². The molecule has 12 heteroatoms. The minimum Gasteiger partial charge on any atom is -0.506 e. The first-order chi connectivity index (χ1) is 18.3. The summed E-state index contributed by atoms with van der Waals surface area (Å²) in [6.45, 7) is -0.615. The highest BCUT2D eigenvalue weighted by molar-refractivity contribution is 8.02. The lowest BCUT2D eigenvalue weighted by Crippen LogP contribution is -2.37. The number of benzene rings is 1. The molecule has 5 rings (SSSR count). The van der Waals surface area contributed by atoms with Gasteiger partial charge >= 0.3 is 5.97 Å². The van der Waals surface area contributed by atoms with Crippen molar-refractivity contribution in [3.63, 3.8) is 0 Å². The SMILES string of the molecule is O=C(O)CNC(=O)c1c(O)c2c(n(Cc3cccc(-c4cccnc4)c3)c1=O)CN(C(=O)C1=CSCN1)C2. The molecule has 0 fully saturated rings. The van der Waals surface area contributed by atoms with Crippen LogP contribution in [0.2, 0.25) is 0 Å². The number of thioether (sulfide) groups is 1. The van der Waals surface area contributed by atoms with Crippen molar-refractivity contribution in [1.82, 2.24) is 25.1 Å². The van der Waals surface area contributed by atoms with Gasteiger partial charge < -0.3 is 30.3 Å². The molecule has 2 aliphatic rings. The Balaban J connectivity index is 1.56. The Morgan fingerprint density at radius 2 is 1.95 bits per heavy atom. The van der Waals surface area contributed by atoms with Gasteiger partial charge in [0.25, 0.3) is 17.4 Å². The van der Waals surface area contributed by atoms with E-state index in [1.165, 1.54) is 21.2 Å². The van der Waals surface area contributed by atoms with Gasteiger partial charge in [-0.1, -0.05) is 24.3 Å². The van der Waals surface area contributed by atoms with E-state index < -0.39 is 35.3 Å². The van der Waals surface area contributed by atoms with Gasteiger partial charge in [-0.25, -0.2) is 0 Å². The van der Waals surface area contributed by atoms with Crippen molar-refractivity contribution in [2.75, 3.05) is 12.4 Å². The maximum atomic E-state index is 13.6. The van der Waals surface area contributed by atoms with Crippen molar-refractivity contribution in [1.29, 1.82) is 0 Å². The molecule has 11 nitrogen and oxygen atoms in total. The van der Waals surface area contributed by atoms with Crippen LogP contribution in [0.1, 0.15) is 27.2 Å². The van der Waals surface area contributed by atoms with Crippen LogP contribution in [0.15, 0.2) is 64.7 Å². The fourth-order valence-electron chi connectivity index (χ4n) is 4.49. The van der Waals surface area contributed by atoms with Crippen LogP contribution >= 0.6 is 11.8 Å². The van der Waals surface area contributed by atoms with Gasteiger partial charge in [0.2, 0.25) is 0 Å². The number of fused-ring (bicyclic) bond motifs is 1. The lowest BCUT2D eigenvalue weighted by atomic mass is 10.0. The van der Waals surface area contributed by atoms with Gasteiger partial charge in [0, 0.05) is 29.1 Å². The van der Waals surface area contributed by atoms with E-state index in [0.717, 1.165) is 16.7 Å². The lowest BCUT2D eigenvalue weighted by molar-refractivity contribution is -0.135. The Morgan fingerprint density at radius 1 is 1.13 bits per heavy atom. The number of nitrogens with one attached hydrogen (secondary N) is 2. The van der Waals surface area contributed by atoms with Gasteiger partial charge in [0.1, 0.15) is 23.6 Å². The molecule has 1 aromatic carbocycles. The Hall–Kier alpha value is -4.58. The fraction of sp³-hybridized carbons (Fsp3) is 0.192. The van der Waals surface area contributed by atoms with Crippen LogP contribution in [0.5, 0.6) is 5.75 Å². The zero-order valence-electron chi connectivity index (χ0n) is 20.0. The highest BCUT2D eigenvalue weighted by Gasteiger charge is 2.35. The molecule has 2 aromatic heterocycles. The molecular formula is C26H23N5O6S.